The molecule has 0 saturated heterocycles. The fraction of sp³-hybridized carbons (Fsp3) is 0.318. The highest BCUT2D eigenvalue weighted by atomic mass is 35.5. The van der Waals surface area contributed by atoms with Crippen molar-refractivity contribution in [2.24, 2.45) is 0 Å². The van der Waals surface area contributed by atoms with Crippen LogP contribution in [0, 0.1) is 0 Å². The van der Waals surface area contributed by atoms with Gasteiger partial charge in [0, 0.05) is 5.56 Å². The molecular formula is C22H25ClN2O5. The van der Waals surface area contributed by atoms with Crippen molar-refractivity contribution in [3.8, 4) is 5.75 Å². The third-order valence-corrected chi connectivity index (χ3v) is 4.42. The molecule has 0 fully saturated rings. The van der Waals surface area contributed by atoms with E-state index in [2.05, 4.69) is 17.6 Å². The molecule has 30 heavy (non-hydrogen) atoms. The highest BCUT2D eigenvalue weighted by Gasteiger charge is 2.19. The van der Waals surface area contributed by atoms with E-state index in [4.69, 9.17) is 21.1 Å². The van der Waals surface area contributed by atoms with E-state index < -0.39 is 23.9 Å². The monoisotopic (exact) mass is 432 g/mol. The summed E-state index contributed by atoms with van der Waals surface area (Å²) in [4.78, 5) is 36.3. The van der Waals surface area contributed by atoms with Crippen LogP contribution in [-0.4, -0.2) is 37.0 Å². The number of halogens is 1. The highest BCUT2D eigenvalue weighted by molar-refractivity contribution is 6.33. The molecule has 0 saturated carbocycles. The number of amides is 2. The summed E-state index contributed by atoms with van der Waals surface area (Å²) >= 11 is 5.99. The number of carbonyl (C=O) groups excluding carboxylic acids is 3. The first kappa shape index (κ1) is 23.2. The summed E-state index contributed by atoms with van der Waals surface area (Å²) in [5.41, 5.74) is 0.803. The molecule has 7 nitrogen and oxygen atoms in total. The predicted octanol–water partition coefficient (Wildman–Crippen LogP) is 3.82. The lowest BCUT2D eigenvalue weighted by atomic mass is 10.2. The molecule has 0 aromatic heterocycles. The quantitative estimate of drug-likeness (QED) is 0.439. The maximum atomic E-state index is 12.2. The van der Waals surface area contributed by atoms with Crippen LogP contribution in [0.4, 0.5) is 5.69 Å². The van der Waals surface area contributed by atoms with Crippen molar-refractivity contribution < 1.29 is 23.9 Å². The molecular weight excluding hydrogens is 408 g/mol. The number of hydrogen-bond donors (Lipinski definition) is 2. The third kappa shape index (κ3) is 7.40. The lowest BCUT2D eigenvalue weighted by molar-refractivity contribution is -0.152. The molecule has 0 aliphatic rings. The number of carbonyl (C=O) groups is 3. The molecule has 2 amide bonds. The number of anilines is 1. The maximum Gasteiger partial charge on any atom is 0.326 e. The molecule has 1 unspecified atom stereocenters. The first-order valence-electron chi connectivity index (χ1n) is 9.66. The van der Waals surface area contributed by atoms with Crippen LogP contribution in [0.3, 0.4) is 0 Å². The zero-order valence-corrected chi connectivity index (χ0v) is 17.7. The summed E-state index contributed by atoms with van der Waals surface area (Å²) < 4.78 is 10.6. The Balaban J connectivity index is 1.77. The molecule has 0 heterocycles. The van der Waals surface area contributed by atoms with Gasteiger partial charge in [0.2, 0.25) is 0 Å². The van der Waals surface area contributed by atoms with Crippen LogP contribution >= 0.6 is 11.6 Å². The van der Waals surface area contributed by atoms with Gasteiger partial charge in [-0.2, -0.15) is 0 Å². The fourth-order valence-corrected chi connectivity index (χ4v) is 2.56. The molecule has 8 heteroatoms. The molecule has 0 radical (unpaired) electrons. The second-order valence-corrected chi connectivity index (χ2v) is 6.92. The number of benzene rings is 2. The van der Waals surface area contributed by atoms with E-state index in [0.29, 0.717) is 28.6 Å². The summed E-state index contributed by atoms with van der Waals surface area (Å²) in [5, 5.41) is 5.42. The molecule has 160 valence electrons. The normalized spacial score (nSPS) is 11.3. The van der Waals surface area contributed by atoms with E-state index in [1.165, 1.54) is 6.92 Å². The molecule has 2 aromatic carbocycles. The number of nitrogens with one attached hydrogen (secondary N) is 2. The average Bonchev–Trinajstić information content (AvgIpc) is 2.74. The number of rotatable bonds is 10. The Bertz CT molecular complexity index is 870. The van der Waals surface area contributed by atoms with Gasteiger partial charge in [-0.15, -0.1) is 0 Å². The SMILES string of the molecule is CCCCOc1ccc(C(=O)NCC(=O)OC(C)C(=O)Nc2ccccc2Cl)cc1. The smallest absolute Gasteiger partial charge is 0.326 e. The Morgan fingerprint density at radius 2 is 1.77 bits per heavy atom. The van der Waals surface area contributed by atoms with E-state index in [1.54, 1.807) is 48.5 Å². The summed E-state index contributed by atoms with van der Waals surface area (Å²) in [6, 6.07) is 13.3. The topological polar surface area (TPSA) is 93.7 Å². The van der Waals surface area contributed by atoms with Crippen molar-refractivity contribution in [2.75, 3.05) is 18.5 Å². The summed E-state index contributed by atoms with van der Waals surface area (Å²) in [5.74, 6) is -1.01. The number of hydrogen-bond acceptors (Lipinski definition) is 5. The van der Waals surface area contributed by atoms with Gasteiger partial charge in [0.1, 0.15) is 12.3 Å². The number of ether oxygens (including phenoxy) is 2. The minimum atomic E-state index is -1.05. The van der Waals surface area contributed by atoms with Crippen LogP contribution in [0.5, 0.6) is 5.75 Å². The van der Waals surface area contributed by atoms with Gasteiger partial charge in [-0.05, 0) is 49.7 Å². The third-order valence-electron chi connectivity index (χ3n) is 4.09. The first-order valence-corrected chi connectivity index (χ1v) is 10.0. The lowest BCUT2D eigenvalue weighted by Gasteiger charge is -2.14. The zero-order valence-electron chi connectivity index (χ0n) is 16.9. The van der Waals surface area contributed by atoms with E-state index in [9.17, 15) is 14.4 Å². The minimum absolute atomic E-state index is 0.364. The Kier molecular flexibility index (Phi) is 9.15. The second kappa shape index (κ2) is 11.8. The van der Waals surface area contributed by atoms with Crippen molar-refractivity contribution in [3.05, 3.63) is 59.1 Å². The molecule has 0 bridgehead atoms. The zero-order chi connectivity index (χ0) is 21.9. The fourth-order valence-electron chi connectivity index (χ4n) is 2.38. The van der Waals surface area contributed by atoms with Crippen LogP contribution in [0.15, 0.2) is 48.5 Å². The summed E-state index contributed by atoms with van der Waals surface area (Å²) in [6.07, 6.45) is 0.945. The summed E-state index contributed by atoms with van der Waals surface area (Å²) in [6.45, 7) is 3.77. The van der Waals surface area contributed by atoms with Crippen molar-refractivity contribution in [2.45, 2.75) is 32.8 Å². The average molecular weight is 433 g/mol. The minimum Gasteiger partial charge on any atom is -0.494 e. The number of esters is 1. The Hall–Kier alpha value is -3.06. The number of unbranched alkanes of at least 4 members (excludes halogenated alkanes) is 1. The summed E-state index contributed by atoms with van der Waals surface area (Å²) in [7, 11) is 0. The Labute approximate surface area is 180 Å². The molecule has 2 aromatic rings. The van der Waals surface area contributed by atoms with Crippen molar-refractivity contribution in [1.82, 2.24) is 5.32 Å². The number of para-hydroxylation sites is 1. The molecule has 1 atom stereocenters. The predicted molar refractivity (Wildman–Crippen MR) is 115 cm³/mol. The largest absolute Gasteiger partial charge is 0.494 e. The molecule has 0 aliphatic heterocycles. The van der Waals surface area contributed by atoms with E-state index in [1.807, 2.05) is 0 Å². The van der Waals surface area contributed by atoms with E-state index >= 15 is 0 Å². The van der Waals surface area contributed by atoms with Gasteiger partial charge in [-0.25, -0.2) is 0 Å². The van der Waals surface area contributed by atoms with Gasteiger partial charge in [0.25, 0.3) is 11.8 Å². The Morgan fingerprint density at radius 3 is 2.43 bits per heavy atom. The van der Waals surface area contributed by atoms with Gasteiger partial charge >= 0.3 is 5.97 Å². The van der Waals surface area contributed by atoms with Gasteiger partial charge < -0.3 is 20.1 Å². The van der Waals surface area contributed by atoms with Crippen molar-refractivity contribution >= 4 is 35.1 Å². The van der Waals surface area contributed by atoms with Gasteiger partial charge in [0.05, 0.1) is 17.3 Å². The van der Waals surface area contributed by atoms with Crippen LogP contribution < -0.4 is 15.4 Å². The van der Waals surface area contributed by atoms with E-state index in [0.717, 1.165) is 12.8 Å². The first-order chi connectivity index (χ1) is 14.4. The van der Waals surface area contributed by atoms with Crippen molar-refractivity contribution in [1.29, 1.82) is 0 Å². The van der Waals surface area contributed by atoms with Gasteiger partial charge in [-0.3, -0.25) is 14.4 Å². The second-order valence-electron chi connectivity index (χ2n) is 6.51. The highest BCUT2D eigenvalue weighted by Crippen LogP contribution is 2.20. The van der Waals surface area contributed by atoms with Crippen LogP contribution in [0.2, 0.25) is 5.02 Å². The molecule has 0 aliphatic carbocycles. The molecule has 2 N–H and O–H groups in total. The van der Waals surface area contributed by atoms with Gasteiger partial charge in [-0.1, -0.05) is 37.1 Å². The van der Waals surface area contributed by atoms with Crippen LogP contribution in [0.25, 0.3) is 0 Å². The molecule has 0 spiro atoms. The lowest BCUT2D eigenvalue weighted by Crippen LogP contribution is -2.35. The van der Waals surface area contributed by atoms with E-state index in [-0.39, 0.29) is 6.54 Å². The van der Waals surface area contributed by atoms with Gasteiger partial charge in [0.15, 0.2) is 6.10 Å². The maximum absolute atomic E-state index is 12.2. The van der Waals surface area contributed by atoms with Crippen molar-refractivity contribution in [3.63, 3.8) is 0 Å². The Morgan fingerprint density at radius 1 is 1.07 bits per heavy atom. The van der Waals surface area contributed by atoms with Crippen LogP contribution in [-0.2, 0) is 14.3 Å². The standard InChI is InChI=1S/C22H25ClN2O5/c1-3-4-13-29-17-11-9-16(10-12-17)22(28)24-14-20(26)30-15(2)21(27)25-19-8-6-5-7-18(19)23/h5-12,15H,3-4,13-14H2,1-2H3,(H,24,28)(H,25,27). The molecule has 2 rings (SSSR count). The van der Waals surface area contributed by atoms with Crippen LogP contribution in [0.1, 0.15) is 37.0 Å².